The summed E-state index contributed by atoms with van der Waals surface area (Å²) in [6.07, 6.45) is 3.90. The van der Waals surface area contributed by atoms with Crippen LogP contribution >= 0.6 is 0 Å². The summed E-state index contributed by atoms with van der Waals surface area (Å²) in [4.78, 5) is 5.43. The molecule has 3 aromatic heterocycles. The summed E-state index contributed by atoms with van der Waals surface area (Å²) in [5, 5.41) is 4.89. The molecule has 0 saturated carbocycles. The molecular formula is C50H32N4OPtSi-2. The van der Waals surface area contributed by atoms with Crippen LogP contribution in [0.25, 0.3) is 83.5 Å². The van der Waals surface area contributed by atoms with Crippen molar-refractivity contribution in [3.8, 4) is 62.2 Å². The van der Waals surface area contributed by atoms with Crippen molar-refractivity contribution in [3.63, 3.8) is 0 Å². The van der Waals surface area contributed by atoms with Crippen molar-refractivity contribution in [1.29, 1.82) is 0 Å². The maximum absolute atomic E-state index is 6.70. The topological polar surface area (TPSA) is 35.9 Å². The number of rotatable bonds is 1. The molecule has 2 aliphatic heterocycles. The van der Waals surface area contributed by atoms with E-state index in [9.17, 15) is 0 Å². The first-order valence-corrected chi connectivity index (χ1v) is 22.0. The summed E-state index contributed by atoms with van der Waals surface area (Å²) < 4.78 is 13.4. The van der Waals surface area contributed by atoms with Crippen LogP contribution < -0.4 is 19.7 Å². The molecule has 0 fully saturated rings. The summed E-state index contributed by atoms with van der Waals surface area (Å²) in [5.74, 6) is 2.06. The Morgan fingerprint density at radius 2 is 1.32 bits per heavy atom. The quantitative estimate of drug-likeness (QED) is 0.0935. The van der Waals surface area contributed by atoms with Crippen LogP contribution in [-0.4, -0.2) is 22.2 Å². The van der Waals surface area contributed by atoms with E-state index in [1.54, 1.807) is 0 Å². The predicted octanol–water partition coefficient (Wildman–Crippen LogP) is 10.0. The maximum atomic E-state index is 6.70. The van der Waals surface area contributed by atoms with Gasteiger partial charge in [-0.05, 0) is 51.5 Å². The number of para-hydroxylation sites is 3. The normalized spacial score (nSPS) is 13.2. The van der Waals surface area contributed by atoms with Gasteiger partial charge in [-0.2, -0.15) is 12.1 Å². The zero-order chi connectivity index (χ0) is 37.1. The van der Waals surface area contributed by atoms with Crippen molar-refractivity contribution in [2.75, 3.05) is 0 Å². The van der Waals surface area contributed by atoms with Gasteiger partial charge < -0.3 is 13.9 Å². The van der Waals surface area contributed by atoms with Crippen molar-refractivity contribution in [3.05, 3.63) is 176 Å². The minimum atomic E-state index is -2.19. The number of fused-ring (bicyclic) bond motifs is 15. The Balaban J connectivity index is 0.00000374. The number of hydrogen-bond acceptors (Lipinski definition) is 2. The van der Waals surface area contributed by atoms with Crippen molar-refractivity contribution in [1.82, 2.24) is 14.1 Å². The van der Waals surface area contributed by atoms with Crippen molar-refractivity contribution in [2.24, 2.45) is 0 Å². The van der Waals surface area contributed by atoms with Crippen LogP contribution in [0.5, 0.6) is 11.5 Å². The second-order valence-electron chi connectivity index (χ2n) is 15.2. The van der Waals surface area contributed by atoms with Gasteiger partial charge in [-0.15, -0.1) is 34.8 Å². The second kappa shape index (κ2) is 12.6. The van der Waals surface area contributed by atoms with Crippen LogP contribution in [-0.2, 0) is 21.1 Å². The number of imidazole rings is 1. The molecule has 0 atom stereocenters. The Morgan fingerprint density at radius 1 is 0.596 bits per heavy atom. The molecule has 0 saturated heterocycles. The minimum Gasteiger partial charge on any atom is -0.510 e. The Morgan fingerprint density at radius 3 is 2.21 bits per heavy atom. The molecule has 5 nitrogen and oxygen atoms in total. The molecule has 12 rings (SSSR count). The molecular weight excluding hydrogens is 896 g/mol. The summed E-state index contributed by atoms with van der Waals surface area (Å²) in [5.41, 5.74) is 12.6. The van der Waals surface area contributed by atoms with Gasteiger partial charge in [-0.25, -0.2) is 4.98 Å². The van der Waals surface area contributed by atoms with E-state index in [0.717, 1.165) is 83.5 Å². The first kappa shape index (κ1) is 34.0. The van der Waals surface area contributed by atoms with Gasteiger partial charge in [0.2, 0.25) is 0 Å². The molecule has 0 aliphatic carbocycles. The van der Waals surface area contributed by atoms with Gasteiger partial charge in [0, 0.05) is 51.7 Å². The first-order valence-electron chi connectivity index (χ1n) is 19.0. The van der Waals surface area contributed by atoms with E-state index < -0.39 is 8.07 Å². The number of hydrogen-bond donors (Lipinski definition) is 0. The molecule has 274 valence electrons. The average Bonchev–Trinajstić information content (AvgIpc) is 3.79. The fraction of sp³-hybridized carbons (Fsp3) is 0.0400. The Kier molecular flexibility index (Phi) is 7.50. The molecule has 10 aromatic rings. The van der Waals surface area contributed by atoms with E-state index in [-0.39, 0.29) is 21.1 Å². The zero-order valence-corrected chi connectivity index (χ0v) is 34.3. The van der Waals surface area contributed by atoms with Gasteiger partial charge >= 0.3 is 0 Å². The third kappa shape index (κ3) is 4.91. The van der Waals surface area contributed by atoms with E-state index in [0.29, 0.717) is 11.5 Å². The molecule has 57 heavy (non-hydrogen) atoms. The zero-order valence-electron chi connectivity index (χ0n) is 31.0. The van der Waals surface area contributed by atoms with Gasteiger partial charge in [0.1, 0.15) is 5.82 Å². The molecule has 0 amide bonds. The summed E-state index contributed by atoms with van der Waals surface area (Å²) >= 11 is 0. The SMILES string of the molecule is C[Si]1(C)c2ccc3[c-]c2-n2[c-][n+](c4cccc1c42)-c1c(-c2ccccc2)cccc1-c1ccccc1-c1cccc(n1)-n1c2[c-]c(ccc2c2ccccc21)O3.[Pt]. The van der Waals surface area contributed by atoms with Crippen LogP contribution in [0, 0.1) is 18.5 Å². The molecule has 0 unspecified atom stereocenters. The van der Waals surface area contributed by atoms with Gasteiger partial charge in [0.15, 0.2) is 0 Å². The number of aromatic nitrogens is 4. The molecule has 5 heterocycles. The number of pyridine rings is 1. The summed E-state index contributed by atoms with van der Waals surface area (Å²) in [6, 6.07) is 63.4. The van der Waals surface area contributed by atoms with E-state index in [2.05, 4.69) is 197 Å². The molecule has 2 aliphatic rings. The largest absolute Gasteiger partial charge is 0.510 e. The van der Waals surface area contributed by atoms with Crippen LogP contribution in [0.2, 0.25) is 13.1 Å². The van der Waals surface area contributed by atoms with Crippen molar-refractivity contribution >= 4 is 51.3 Å². The van der Waals surface area contributed by atoms with Gasteiger partial charge in [0.25, 0.3) is 6.33 Å². The van der Waals surface area contributed by atoms with Crippen LogP contribution in [0.15, 0.2) is 158 Å². The Bertz CT molecular complexity index is 3270. The molecule has 0 N–H and O–H groups in total. The van der Waals surface area contributed by atoms with E-state index >= 15 is 0 Å². The van der Waals surface area contributed by atoms with E-state index in [1.807, 2.05) is 6.07 Å². The average molecular weight is 928 g/mol. The van der Waals surface area contributed by atoms with Crippen LogP contribution in [0.3, 0.4) is 0 Å². The third-order valence-electron chi connectivity index (χ3n) is 11.7. The fourth-order valence-electron chi connectivity index (χ4n) is 9.12. The van der Waals surface area contributed by atoms with E-state index in [1.165, 1.54) is 10.4 Å². The summed E-state index contributed by atoms with van der Waals surface area (Å²) in [7, 11) is -2.19. The van der Waals surface area contributed by atoms with Gasteiger partial charge in [0.05, 0.1) is 22.4 Å². The first-order chi connectivity index (χ1) is 27.5. The van der Waals surface area contributed by atoms with Crippen molar-refractivity contribution in [2.45, 2.75) is 13.1 Å². The molecule has 7 heteroatoms. The monoisotopic (exact) mass is 927 g/mol. The Hall–Kier alpha value is -6.33. The molecule has 7 aromatic carbocycles. The number of nitrogens with zero attached hydrogens (tertiary/aromatic N) is 4. The number of benzene rings is 7. The Labute approximate surface area is 345 Å². The van der Waals surface area contributed by atoms with Gasteiger partial charge in [-0.3, -0.25) is 4.57 Å². The minimum absolute atomic E-state index is 0. The molecule has 0 spiro atoms. The molecule has 8 bridgehead atoms. The fourth-order valence-corrected chi connectivity index (χ4v) is 12.0. The number of ether oxygens (including phenoxy) is 1. The van der Waals surface area contributed by atoms with Crippen molar-refractivity contribution < 1.29 is 30.4 Å². The maximum Gasteiger partial charge on any atom is 0.268 e. The van der Waals surface area contributed by atoms with E-state index in [4.69, 9.17) is 9.72 Å². The predicted molar refractivity (Wildman–Crippen MR) is 227 cm³/mol. The van der Waals surface area contributed by atoms with Crippen LogP contribution in [0.4, 0.5) is 0 Å². The smallest absolute Gasteiger partial charge is 0.268 e. The summed E-state index contributed by atoms with van der Waals surface area (Å²) in [6.45, 7) is 4.87. The van der Waals surface area contributed by atoms with Crippen LogP contribution in [0.1, 0.15) is 0 Å². The standard InChI is InChI=1S/C50H32N4OSi.Pt/c1-56(2)46-28-26-34-30-45(46)53-31-52(43-22-12-23-47(56)50(43)53)49-35(32-13-4-3-5-14-32)18-10-19-40(49)36-15-6-7-16-37(36)41-20-11-24-48(51-41)54-42-21-9-8-17-38(42)39-27-25-33(55-34)29-44(39)54;/h3-28H,1-2H3;/q-2;. The third-order valence-corrected chi connectivity index (χ3v) is 15.2. The molecule has 0 radical (unpaired) electrons. The second-order valence-corrected chi connectivity index (χ2v) is 19.5. The van der Waals surface area contributed by atoms with Gasteiger partial charge in [-0.1, -0.05) is 139 Å².